The van der Waals surface area contributed by atoms with Gasteiger partial charge >= 0.3 is 12.1 Å². The van der Waals surface area contributed by atoms with E-state index in [9.17, 15) is 14.4 Å². The van der Waals surface area contributed by atoms with Crippen molar-refractivity contribution in [3.63, 3.8) is 0 Å². The van der Waals surface area contributed by atoms with E-state index < -0.39 is 11.6 Å². The molecule has 1 fully saturated rings. The zero-order chi connectivity index (χ0) is 22.6. The molecule has 4 amide bonds. The summed E-state index contributed by atoms with van der Waals surface area (Å²) in [5.74, 6) is -0.227. The van der Waals surface area contributed by atoms with Crippen LogP contribution in [0, 0.1) is 0 Å². The molecule has 1 saturated heterocycles. The third-order valence-electron chi connectivity index (χ3n) is 4.93. The number of nitrogens with zero attached hydrogens (tertiary/aromatic N) is 2. The summed E-state index contributed by atoms with van der Waals surface area (Å²) < 4.78 is 7.41. The van der Waals surface area contributed by atoms with Gasteiger partial charge in [0.05, 0.1) is 0 Å². The molecule has 0 saturated carbocycles. The number of urea groups is 1. The molecule has 2 heterocycles. The monoisotopic (exact) mass is 427 g/mol. The Hall–Kier alpha value is -3.49. The number of piperidine rings is 1. The highest BCUT2D eigenvalue weighted by atomic mass is 16.6. The van der Waals surface area contributed by atoms with E-state index in [1.54, 1.807) is 35.2 Å². The van der Waals surface area contributed by atoms with Crippen LogP contribution in [-0.4, -0.2) is 46.2 Å². The largest absolute Gasteiger partial charge is 0.444 e. The SMILES string of the molecule is CC(C)(C)OC(=O)N1CCC(n2cccc2C(=O)Nc2ccc(NC(N)=O)cc2)CC1. The predicted molar refractivity (Wildman–Crippen MR) is 118 cm³/mol. The van der Waals surface area contributed by atoms with Crippen LogP contribution in [0.4, 0.5) is 21.0 Å². The van der Waals surface area contributed by atoms with Gasteiger partial charge in [-0.15, -0.1) is 0 Å². The van der Waals surface area contributed by atoms with Gasteiger partial charge in [0.1, 0.15) is 11.3 Å². The van der Waals surface area contributed by atoms with Gasteiger partial charge in [0, 0.05) is 36.7 Å². The average Bonchev–Trinajstić information content (AvgIpc) is 3.18. The first-order valence-corrected chi connectivity index (χ1v) is 10.2. The lowest BCUT2D eigenvalue weighted by Gasteiger charge is -2.34. The second-order valence-corrected chi connectivity index (χ2v) is 8.52. The minimum absolute atomic E-state index is 0.122. The van der Waals surface area contributed by atoms with Gasteiger partial charge in [-0.2, -0.15) is 0 Å². The second-order valence-electron chi connectivity index (χ2n) is 8.52. The van der Waals surface area contributed by atoms with Gasteiger partial charge in [0.25, 0.3) is 5.91 Å². The summed E-state index contributed by atoms with van der Waals surface area (Å²) in [7, 11) is 0. The van der Waals surface area contributed by atoms with Crippen LogP contribution in [0.1, 0.15) is 50.1 Å². The number of benzene rings is 1. The molecule has 0 unspecified atom stereocenters. The van der Waals surface area contributed by atoms with Gasteiger partial charge in [-0.1, -0.05) is 0 Å². The van der Waals surface area contributed by atoms with Crippen LogP contribution in [0.25, 0.3) is 0 Å². The predicted octanol–water partition coefficient (Wildman–Crippen LogP) is 3.80. The molecule has 3 rings (SSSR count). The second kappa shape index (κ2) is 9.11. The van der Waals surface area contributed by atoms with E-state index in [-0.39, 0.29) is 18.0 Å². The van der Waals surface area contributed by atoms with Crippen molar-refractivity contribution in [3.8, 4) is 0 Å². The van der Waals surface area contributed by atoms with E-state index >= 15 is 0 Å². The fourth-order valence-electron chi connectivity index (χ4n) is 3.53. The molecule has 0 spiro atoms. The fourth-order valence-corrected chi connectivity index (χ4v) is 3.53. The summed E-state index contributed by atoms with van der Waals surface area (Å²) in [6.07, 6.45) is 3.07. The number of aromatic nitrogens is 1. The number of carbonyl (C=O) groups is 3. The molecule has 9 nitrogen and oxygen atoms in total. The minimum atomic E-state index is -0.646. The van der Waals surface area contributed by atoms with Crippen molar-refractivity contribution in [1.29, 1.82) is 0 Å². The van der Waals surface area contributed by atoms with E-state index in [1.807, 2.05) is 37.6 Å². The van der Waals surface area contributed by atoms with Crippen molar-refractivity contribution in [2.75, 3.05) is 23.7 Å². The molecule has 1 aromatic carbocycles. The standard InChI is InChI=1S/C22H29N5O4/c1-22(2,3)31-21(30)26-13-10-17(11-14-26)27-12-4-5-18(27)19(28)24-15-6-8-16(9-7-15)25-20(23)29/h4-9,12,17H,10-11,13-14H2,1-3H3,(H,24,28)(H3,23,25,29). The maximum atomic E-state index is 12.8. The Morgan fingerprint density at radius 1 is 1.00 bits per heavy atom. The van der Waals surface area contributed by atoms with Gasteiger partial charge in [-0.05, 0) is 70.0 Å². The molecule has 0 atom stereocenters. The highest BCUT2D eigenvalue weighted by Gasteiger charge is 2.28. The number of amides is 4. The number of hydrogen-bond acceptors (Lipinski definition) is 4. The van der Waals surface area contributed by atoms with Gasteiger partial charge in [0.2, 0.25) is 0 Å². The third-order valence-corrected chi connectivity index (χ3v) is 4.93. The van der Waals surface area contributed by atoms with Crippen molar-refractivity contribution in [1.82, 2.24) is 9.47 Å². The van der Waals surface area contributed by atoms with Crippen molar-refractivity contribution in [3.05, 3.63) is 48.3 Å². The van der Waals surface area contributed by atoms with Crippen LogP contribution in [0.2, 0.25) is 0 Å². The van der Waals surface area contributed by atoms with E-state index in [0.717, 1.165) is 12.8 Å². The summed E-state index contributed by atoms with van der Waals surface area (Å²) >= 11 is 0. The highest BCUT2D eigenvalue weighted by Crippen LogP contribution is 2.26. The van der Waals surface area contributed by atoms with Crippen molar-refractivity contribution < 1.29 is 19.1 Å². The number of nitrogens with two attached hydrogens (primary N) is 1. The molecule has 2 aromatic rings. The van der Waals surface area contributed by atoms with Crippen LogP contribution < -0.4 is 16.4 Å². The molecule has 0 aliphatic carbocycles. The number of nitrogens with one attached hydrogen (secondary N) is 2. The Morgan fingerprint density at radius 3 is 2.13 bits per heavy atom. The molecule has 1 aliphatic rings. The number of carbonyl (C=O) groups excluding carboxylic acids is 3. The van der Waals surface area contributed by atoms with E-state index in [1.165, 1.54) is 0 Å². The van der Waals surface area contributed by atoms with Crippen LogP contribution in [0.15, 0.2) is 42.6 Å². The summed E-state index contributed by atoms with van der Waals surface area (Å²) in [4.78, 5) is 37.7. The first-order chi connectivity index (χ1) is 14.6. The van der Waals surface area contributed by atoms with Crippen LogP contribution in [0.5, 0.6) is 0 Å². The van der Waals surface area contributed by atoms with Gasteiger partial charge in [-0.3, -0.25) is 4.79 Å². The highest BCUT2D eigenvalue weighted by molar-refractivity contribution is 6.03. The zero-order valence-corrected chi connectivity index (χ0v) is 18.1. The van der Waals surface area contributed by atoms with Crippen LogP contribution in [-0.2, 0) is 4.74 Å². The molecule has 0 radical (unpaired) electrons. The third kappa shape index (κ3) is 6.00. The van der Waals surface area contributed by atoms with E-state index in [0.29, 0.717) is 30.2 Å². The quantitative estimate of drug-likeness (QED) is 0.687. The van der Waals surface area contributed by atoms with E-state index in [4.69, 9.17) is 10.5 Å². The van der Waals surface area contributed by atoms with E-state index in [2.05, 4.69) is 10.6 Å². The number of rotatable bonds is 4. The maximum absolute atomic E-state index is 12.8. The molecule has 31 heavy (non-hydrogen) atoms. The first kappa shape index (κ1) is 22.2. The minimum Gasteiger partial charge on any atom is -0.444 e. The Balaban J connectivity index is 1.60. The normalized spacial score (nSPS) is 14.7. The Labute approximate surface area is 181 Å². The van der Waals surface area contributed by atoms with Gasteiger partial charge < -0.3 is 30.6 Å². The fraction of sp³-hybridized carbons (Fsp3) is 0.409. The number of anilines is 2. The molecule has 9 heteroatoms. The number of likely N-dealkylation sites (tertiary alicyclic amines) is 1. The Kier molecular flexibility index (Phi) is 6.53. The molecular weight excluding hydrogens is 398 g/mol. The van der Waals surface area contributed by atoms with Crippen molar-refractivity contribution >= 4 is 29.4 Å². The smallest absolute Gasteiger partial charge is 0.410 e. The molecule has 166 valence electrons. The molecule has 0 bridgehead atoms. The van der Waals surface area contributed by atoms with Gasteiger partial charge in [-0.25, -0.2) is 9.59 Å². The Bertz CT molecular complexity index is 938. The molecule has 1 aromatic heterocycles. The summed E-state index contributed by atoms with van der Waals surface area (Å²) in [5.41, 5.74) is 6.28. The molecule has 4 N–H and O–H groups in total. The number of primary amides is 1. The van der Waals surface area contributed by atoms with Crippen molar-refractivity contribution in [2.24, 2.45) is 5.73 Å². The lowest BCUT2D eigenvalue weighted by molar-refractivity contribution is 0.0187. The zero-order valence-electron chi connectivity index (χ0n) is 18.1. The van der Waals surface area contributed by atoms with Crippen molar-refractivity contribution in [2.45, 2.75) is 45.3 Å². The summed E-state index contributed by atoms with van der Waals surface area (Å²) in [6.45, 7) is 6.71. The van der Waals surface area contributed by atoms with Crippen LogP contribution in [0.3, 0.4) is 0 Å². The Morgan fingerprint density at radius 2 is 1.58 bits per heavy atom. The molecule has 1 aliphatic heterocycles. The lowest BCUT2D eigenvalue weighted by Crippen LogP contribution is -2.42. The van der Waals surface area contributed by atoms with Crippen LogP contribution >= 0.6 is 0 Å². The maximum Gasteiger partial charge on any atom is 0.410 e. The lowest BCUT2D eigenvalue weighted by atomic mass is 10.0. The first-order valence-electron chi connectivity index (χ1n) is 10.2. The number of hydrogen-bond donors (Lipinski definition) is 3. The van der Waals surface area contributed by atoms with Gasteiger partial charge in [0.15, 0.2) is 0 Å². The topological polar surface area (TPSA) is 119 Å². The summed E-state index contributed by atoms with van der Waals surface area (Å²) in [6, 6.07) is 9.79. The molecular formula is C22H29N5O4. The average molecular weight is 428 g/mol. The number of ether oxygens (including phenoxy) is 1. The summed E-state index contributed by atoms with van der Waals surface area (Å²) in [5, 5.41) is 5.34.